The molecule has 2 nitrogen and oxygen atoms in total. The van der Waals surface area contributed by atoms with Crippen molar-refractivity contribution in [2.45, 2.75) is 31.8 Å². The van der Waals surface area contributed by atoms with Gasteiger partial charge < -0.3 is 4.57 Å². The van der Waals surface area contributed by atoms with Gasteiger partial charge in [0, 0.05) is 18.6 Å². The molecule has 205 valence electrons. The molecule has 0 spiro atoms. The van der Waals surface area contributed by atoms with E-state index in [4.69, 9.17) is 4.98 Å². The molecular weight excluding hydrogens is 523 g/mol. The first-order chi connectivity index (χ1) is 20.8. The lowest BCUT2D eigenvalue weighted by atomic mass is 9.58. The van der Waals surface area contributed by atoms with E-state index in [9.17, 15) is 0 Å². The molecule has 1 heterocycles. The molecule has 0 aliphatic heterocycles. The smallest absolute Gasteiger partial charge is 0.215 e. The van der Waals surface area contributed by atoms with Gasteiger partial charge in [0.1, 0.15) is 0 Å². The van der Waals surface area contributed by atoms with Crippen molar-refractivity contribution in [3.63, 3.8) is 0 Å². The van der Waals surface area contributed by atoms with Gasteiger partial charge in [-0.15, -0.1) is 0 Å². The van der Waals surface area contributed by atoms with E-state index in [0.717, 1.165) is 24.7 Å². The number of nitrogens with zero attached hydrogens (tertiary/aromatic N) is 2. The van der Waals surface area contributed by atoms with Crippen molar-refractivity contribution < 1.29 is 0 Å². The third-order valence-electron chi connectivity index (χ3n) is 8.31. The summed E-state index contributed by atoms with van der Waals surface area (Å²) in [7, 11) is -0.175. The summed E-state index contributed by atoms with van der Waals surface area (Å²) in [5, 5.41) is 4.23. The van der Waals surface area contributed by atoms with Crippen LogP contribution in [0.4, 0.5) is 0 Å². The minimum Gasteiger partial charge on any atom is -0.345 e. The normalized spacial score (nSPS) is 11.5. The second kappa shape index (κ2) is 13.1. The van der Waals surface area contributed by atoms with E-state index in [1.807, 2.05) is 6.20 Å². The number of rotatable bonds is 11. The molecule has 0 atom stereocenters. The van der Waals surface area contributed by atoms with Gasteiger partial charge in [-0.25, -0.2) is 0 Å². The third-order valence-corrected chi connectivity index (χ3v) is 13.1. The van der Waals surface area contributed by atoms with Crippen molar-refractivity contribution in [3.8, 4) is 0 Å². The Hall–Kier alpha value is -4.41. The molecule has 42 heavy (non-hydrogen) atoms. The average Bonchev–Trinajstić information content (AvgIpc) is 3.51. The molecule has 1 radical (unpaired) electrons. The van der Waals surface area contributed by atoms with Gasteiger partial charge in [-0.3, -0.25) is 4.98 Å². The summed E-state index contributed by atoms with van der Waals surface area (Å²) in [5.74, 6) is 0.103. The molecule has 6 rings (SSSR count). The first-order valence-corrected chi connectivity index (χ1v) is 17.1. The largest absolute Gasteiger partial charge is 0.345 e. The molecule has 0 aliphatic rings. The molecule has 6 aromatic rings. The van der Waals surface area contributed by atoms with Crippen LogP contribution in [0.3, 0.4) is 0 Å². The molecule has 1 aromatic heterocycles. The van der Waals surface area contributed by atoms with Gasteiger partial charge in [-0.05, 0) is 44.5 Å². The van der Waals surface area contributed by atoms with Crippen molar-refractivity contribution in [2.24, 2.45) is 0 Å². The Morgan fingerprint density at radius 2 is 1.10 bits per heavy atom. The van der Waals surface area contributed by atoms with E-state index in [-0.39, 0.29) is 5.82 Å². The fourth-order valence-electron chi connectivity index (χ4n) is 6.19. The zero-order chi connectivity index (χ0) is 28.6. The van der Waals surface area contributed by atoms with Crippen molar-refractivity contribution in [1.82, 2.24) is 9.55 Å². The van der Waals surface area contributed by atoms with Crippen LogP contribution in [0.25, 0.3) is 0 Å². The third kappa shape index (κ3) is 5.81. The van der Waals surface area contributed by atoms with E-state index in [0.29, 0.717) is 0 Å². The standard InChI is InChI=1S/C38H36BN2Si/c1-2-15-31-24-26-36(27-25-31)42(34-20-11-5-12-21-34,35-22-13-6-14-23-35)30-41-29-28-40-38(41)39-37(32-16-7-3-8-17-32)33-18-9-4-10-19-33/h3-14,16-29,37H,2,15,30H2,1H3. The first-order valence-electron chi connectivity index (χ1n) is 14.9. The van der Waals surface area contributed by atoms with E-state index >= 15 is 0 Å². The van der Waals surface area contributed by atoms with Gasteiger partial charge in [-0.2, -0.15) is 0 Å². The number of hydrogen-bond donors (Lipinski definition) is 0. The van der Waals surface area contributed by atoms with Gasteiger partial charge in [-0.1, -0.05) is 159 Å². The maximum absolute atomic E-state index is 4.94. The van der Waals surface area contributed by atoms with Crippen LogP contribution in [-0.4, -0.2) is 24.9 Å². The zero-order valence-corrected chi connectivity index (χ0v) is 25.2. The summed E-state index contributed by atoms with van der Waals surface area (Å²) in [6, 6.07) is 53.3. The predicted octanol–water partition coefficient (Wildman–Crippen LogP) is 5.66. The van der Waals surface area contributed by atoms with E-state index in [1.54, 1.807) is 0 Å². The lowest BCUT2D eigenvalue weighted by Gasteiger charge is -2.35. The number of aromatic nitrogens is 2. The highest BCUT2D eigenvalue weighted by Gasteiger charge is 2.40. The Morgan fingerprint density at radius 3 is 1.60 bits per heavy atom. The maximum atomic E-state index is 4.94. The van der Waals surface area contributed by atoms with Crippen LogP contribution in [0.2, 0.25) is 0 Å². The van der Waals surface area contributed by atoms with Crippen LogP contribution in [0.15, 0.2) is 158 Å². The Morgan fingerprint density at radius 1 is 0.619 bits per heavy atom. The molecule has 5 aromatic carbocycles. The highest BCUT2D eigenvalue weighted by Crippen LogP contribution is 2.23. The zero-order valence-electron chi connectivity index (χ0n) is 24.2. The first kappa shape index (κ1) is 27.7. The summed E-state index contributed by atoms with van der Waals surface area (Å²) in [5.41, 5.74) is 4.92. The van der Waals surface area contributed by atoms with Gasteiger partial charge in [0.2, 0.25) is 7.28 Å². The van der Waals surface area contributed by atoms with Gasteiger partial charge in [0.15, 0.2) is 8.07 Å². The van der Waals surface area contributed by atoms with Crippen LogP contribution in [0.5, 0.6) is 0 Å². The van der Waals surface area contributed by atoms with Gasteiger partial charge in [0.25, 0.3) is 0 Å². The van der Waals surface area contributed by atoms with Crippen molar-refractivity contribution in [1.29, 1.82) is 0 Å². The molecule has 0 fully saturated rings. The van der Waals surface area contributed by atoms with Crippen molar-refractivity contribution in [3.05, 3.63) is 175 Å². The summed E-state index contributed by atoms with van der Waals surface area (Å²) in [6.45, 7) is 2.25. The topological polar surface area (TPSA) is 17.8 Å². The van der Waals surface area contributed by atoms with E-state index in [1.165, 1.54) is 32.3 Å². The lowest BCUT2D eigenvalue weighted by Crippen LogP contribution is -2.70. The minimum atomic E-state index is -2.51. The minimum absolute atomic E-state index is 0.103. The molecule has 0 unspecified atom stereocenters. The van der Waals surface area contributed by atoms with Crippen LogP contribution in [0, 0.1) is 0 Å². The van der Waals surface area contributed by atoms with Gasteiger partial charge >= 0.3 is 0 Å². The fourth-order valence-corrected chi connectivity index (χ4v) is 10.8. The predicted molar refractivity (Wildman–Crippen MR) is 180 cm³/mol. The van der Waals surface area contributed by atoms with Crippen LogP contribution < -0.4 is 21.3 Å². The van der Waals surface area contributed by atoms with Crippen LogP contribution in [-0.2, 0) is 12.6 Å². The summed E-state index contributed by atoms with van der Waals surface area (Å²) in [6.07, 6.45) is 7.23. The summed E-state index contributed by atoms with van der Waals surface area (Å²) < 4.78 is 2.39. The molecule has 0 aliphatic carbocycles. The molecule has 4 heteroatoms. The number of imidazole rings is 1. The number of aryl methyl sites for hydroxylation is 1. The molecular formula is C38H36BN2Si. The van der Waals surface area contributed by atoms with Crippen LogP contribution >= 0.6 is 0 Å². The monoisotopic (exact) mass is 559 g/mol. The number of benzene rings is 5. The Bertz CT molecular complexity index is 1590. The second-order valence-electron chi connectivity index (χ2n) is 11.0. The molecule has 0 bridgehead atoms. The Kier molecular flexibility index (Phi) is 8.62. The van der Waals surface area contributed by atoms with E-state index in [2.05, 4.69) is 171 Å². The SMILES string of the molecule is CCCc1ccc([Si](Cn2ccnc2[B]C(c2ccccc2)c2ccccc2)(c2ccccc2)c2ccccc2)cc1. The van der Waals surface area contributed by atoms with Crippen LogP contribution in [0.1, 0.15) is 35.9 Å². The highest BCUT2D eigenvalue weighted by atomic mass is 28.3. The highest BCUT2D eigenvalue weighted by molar-refractivity contribution is 7.10. The molecule has 0 saturated heterocycles. The summed E-state index contributed by atoms with van der Waals surface area (Å²) >= 11 is 0. The van der Waals surface area contributed by atoms with E-state index < -0.39 is 8.07 Å². The Labute approximate surface area is 252 Å². The fraction of sp³-hybridized carbons (Fsp3) is 0.132. The van der Waals surface area contributed by atoms with Gasteiger partial charge in [0.05, 0.1) is 5.72 Å². The summed E-state index contributed by atoms with van der Waals surface area (Å²) in [4.78, 5) is 4.94. The quantitative estimate of drug-likeness (QED) is 0.148. The second-order valence-corrected chi connectivity index (χ2v) is 14.8. The molecule has 0 N–H and O–H groups in total. The number of hydrogen-bond acceptors (Lipinski definition) is 1. The Balaban J connectivity index is 1.47. The molecule has 0 amide bonds. The maximum Gasteiger partial charge on any atom is 0.215 e. The lowest BCUT2D eigenvalue weighted by molar-refractivity contribution is 0.889. The average molecular weight is 560 g/mol. The molecule has 0 saturated carbocycles. The van der Waals surface area contributed by atoms with Crippen molar-refractivity contribution in [2.75, 3.05) is 0 Å². The van der Waals surface area contributed by atoms with Crippen molar-refractivity contribution >= 4 is 36.6 Å².